The number of carbonyl (C=O) groups excluding carboxylic acids is 1. The third-order valence-electron chi connectivity index (χ3n) is 7.25. The Balaban J connectivity index is 1.30. The fourth-order valence-electron chi connectivity index (χ4n) is 4.92. The third kappa shape index (κ3) is 8.30. The van der Waals surface area contributed by atoms with Crippen molar-refractivity contribution in [3.63, 3.8) is 0 Å². The lowest BCUT2D eigenvalue weighted by Gasteiger charge is -2.18. The molecule has 1 unspecified atom stereocenters. The van der Waals surface area contributed by atoms with Gasteiger partial charge in [-0.25, -0.2) is 0 Å². The van der Waals surface area contributed by atoms with Gasteiger partial charge in [-0.1, -0.05) is 62.2 Å². The molecule has 4 rings (SSSR count). The molecule has 1 atom stereocenters. The maximum Gasteiger partial charge on any atom is 0.161 e. The van der Waals surface area contributed by atoms with Crippen LogP contribution in [0, 0.1) is 0 Å². The van der Waals surface area contributed by atoms with Crippen LogP contribution in [0.3, 0.4) is 0 Å². The molecule has 6 heteroatoms. The van der Waals surface area contributed by atoms with Gasteiger partial charge in [0.2, 0.25) is 0 Å². The number of allylic oxidation sites excluding steroid dienone is 2. The van der Waals surface area contributed by atoms with E-state index in [9.17, 15) is 15.0 Å². The van der Waals surface area contributed by atoms with Crippen molar-refractivity contribution in [1.29, 1.82) is 0 Å². The number of fused-ring (bicyclic) bond motifs is 1. The minimum absolute atomic E-state index is 0.0782. The van der Waals surface area contributed by atoms with E-state index in [1.807, 2.05) is 48.7 Å². The second kappa shape index (κ2) is 14.5. The molecule has 3 aromatic rings. The quantitative estimate of drug-likeness (QED) is 0.159. The van der Waals surface area contributed by atoms with E-state index < -0.39 is 0 Å². The number of aromatic hydroxyl groups is 2. The van der Waals surface area contributed by atoms with Crippen molar-refractivity contribution in [3.8, 4) is 17.2 Å². The highest BCUT2D eigenvalue weighted by Gasteiger charge is 2.14. The summed E-state index contributed by atoms with van der Waals surface area (Å²) in [6.07, 6.45) is 12.6. The molecule has 0 radical (unpaired) electrons. The number of phenolic OH excluding ortho intramolecular Hbond substituents is 2. The van der Waals surface area contributed by atoms with Gasteiger partial charge in [-0.2, -0.15) is 0 Å². The zero-order valence-corrected chi connectivity index (χ0v) is 23.3. The summed E-state index contributed by atoms with van der Waals surface area (Å²) in [6.45, 7) is 2.54. The summed E-state index contributed by atoms with van der Waals surface area (Å²) < 4.78 is 5.92. The van der Waals surface area contributed by atoms with Gasteiger partial charge in [0, 0.05) is 31.9 Å². The highest BCUT2D eigenvalue weighted by atomic mass is 16.5. The van der Waals surface area contributed by atoms with Crippen LogP contribution in [-0.4, -0.2) is 28.8 Å². The molecular formula is C34H40N2O4. The van der Waals surface area contributed by atoms with Crippen LogP contribution in [0.15, 0.2) is 71.7 Å². The molecule has 6 nitrogen and oxygen atoms in total. The van der Waals surface area contributed by atoms with Gasteiger partial charge in [-0.05, 0) is 76.9 Å². The normalized spacial score (nSPS) is 14.4. The number of phenols is 2. The first-order valence-electron chi connectivity index (χ1n) is 14.3. The summed E-state index contributed by atoms with van der Waals surface area (Å²) in [4.78, 5) is 16.5. The number of ether oxygens (including phenoxy) is 1. The summed E-state index contributed by atoms with van der Waals surface area (Å²) in [7, 11) is 0. The monoisotopic (exact) mass is 540 g/mol. The topological polar surface area (TPSA) is 105 Å². The molecule has 4 N–H and O–H groups in total. The molecule has 0 bridgehead atoms. The predicted molar refractivity (Wildman–Crippen MR) is 160 cm³/mol. The van der Waals surface area contributed by atoms with Crippen LogP contribution in [0.2, 0.25) is 0 Å². The highest BCUT2D eigenvalue weighted by Crippen LogP contribution is 2.29. The Labute approximate surface area is 237 Å². The minimum Gasteiger partial charge on any atom is -0.508 e. The average Bonchev–Trinajstić information content (AvgIpc) is 2.95. The number of ketones is 1. The highest BCUT2D eigenvalue weighted by molar-refractivity contribution is 5.89. The molecule has 0 amide bonds. The van der Waals surface area contributed by atoms with E-state index in [2.05, 4.69) is 18.0 Å². The number of carbonyl (C=O) groups is 1. The lowest BCUT2D eigenvalue weighted by atomic mass is 9.94. The first-order valence-corrected chi connectivity index (χ1v) is 14.3. The average molecular weight is 541 g/mol. The van der Waals surface area contributed by atoms with Crippen LogP contribution in [0.25, 0.3) is 0 Å². The van der Waals surface area contributed by atoms with Crippen molar-refractivity contribution >= 4 is 12.0 Å². The maximum atomic E-state index is 12.2. The number of aryl methyl sites for hydroxylation is 1. The first kappa shape index (κ1) is 29.1. The number of hydrogen-bond acceptors (Lipinski definition) is 6. The molecule has 0 spiro atoms. The molecule has 0 fully saturated rings. The maximum absolute atomic E-state index is 12.2. The van der Waals surface area contributed by atoms with Crippen LogP contribution < -0.4 is 10.5 Å². The van der Waals surface area contributed by atoms with Crippen molar-refractivity contribution in [2.45, 2.75) is 70.9 Å². The summed E-state index contributed by atoms with van der Waals surface area (Å²) in [5.41, 5.74) is 12.2. The summed E-state index contributed by atoms with van der Waals surface area (Å²) in [6, 6.07) is 17.1. The van der Waals surface area contributed by atoms with E-state index in [-0.39, 0.29) is 23.4 Å². The van der Waals surface area contributed by atoms with Crippen molar-refractivity contribution in [2.24, 2.45) is 10.7 Å². The first-order chi connectivity index (χ1) is 19.4. The zero-order chi connectivity index (χ0) is 28.3. The number of unbranched alkanes of at least 4 members (excludes halogenated alkanes) is 3. The van der Waals surface area contributed by atoms with Crippen LogP contribution in [0.5, 0.6) is 17.2 Å². The molecule has 210 valence electrons. The van der Waals surface area contributed by atoms with Gasteiger partial charge in [0.25, 0.3) is 0 Å². The Morgan fingerprint density at radius 3 is 2.60 bits per heavy atom. The summed E-state index contributed by atoms with van der Waals surface area (Å²) in [5, 5.41) is 20.8. The lowest BCUT2D eigenvalue weighted by molar-refractivity contribution is -0.114. The minimum atomic E-state index is -0.306. The van der Waals surface area contributed by atoms with Crippen LogP contribution in [-0.2, 0) is 30.5 Å². The van der Waals surface area contributed by atoms with Crippen molar-refractivity contribution in [1.82, 2.24) is 0 Å². The fraction of sp³-hybridized carbons (Fsp3) is 0.353. The number of aliphatic imine (C=N–C) groups is 1. The number of benzene rings is 3. The molecule has 0 aliphatic carbocycles. The van der Waals surface area contributed by atoms with Crippen molar-refractivity contribution < 1.29 is 19.7 Å². The molecule has 0 saturated heterocycles. The van der Waals surface area contributed by atoms with Gasteiger partial charge in [0.15, 0.2) is 17.3 Å². The molecular weight excluding hydrogens is 500 g/mol. The third-order valence-corrected chi connectivity index (χ3v) is 7.25. The van der Waals surface area contributed by atoms with Gasteiger partial charge in [-0.3, -0.25) is 9.79 Å². The molecule has 1 heterocycles. The molecule has 3 aromatic carbocycles. The van der Waals surface area contributed by atoms with Crippen molar-refractivity contribution in [2.75, 3.05) is 6.61 Å². The Hall–Kier alpha value is -3.90. The Morgan fingerprint density at radius 2 is 1.77 bits per heavy atom. The van der Waals surface area contributed by atoms with Gasteiger partial charge in [0.05, 0.1) is 6.61 Å². The van der Waals surface area contributed by atoms with Gasteiger partial charge >= 0.3 is 0 Å². The number of rotatable bonds is 14. The standard InChI is InChI=1S/C34H40N2O4/c1-2-3-4-5-6-7-29(37)12-8-24-11-15-32(39)33(23-24)40-19-17-25-10-14-31(38)28(20-25)22-26-9-13-30-27(21-26)16-18-36-34(30)35/h6-7,9-11,13-15,18,20-21,23,34,38-39H,2-5,8,12,16-17,19,22,35H2,1H3. The summed E-state index contributed by atoms with van der Waals surface area (Å²) in [5.74, 6) is 0.865. The lowest BCUT2D eigenvalue weighted by Crippen LogP contribution is -2.15. The number of nitrogens with two attached hydrogens (primary N) is 1. The van der Waals surface area contributed by atoms with Gasteiger partial charge < -0.3 is 20.7 Å². The molecule has 1 aliphatic rings. The predicted octanol–water partition coefficient (Wildman–Crippen LogP) is 6.53. The zero-order valence-electron chi connectivity index (χ0n) is 23.3. The van der Waals surface area contributed by atoms with E-state index in [1.54, 1.807) is 18.2 Å². The van der Waals surface area contributed by atoms with Crippen molar-refractivity contribution in [3.05, 3.63) is 100 Å². The van der Waals surface area contributed by atoms with E-state index >= 15 is 0 Å². The molecule has 1 aliphatic heterocycles. The van der Waals surface area contributed by atoms with E-state index in [1.165, 1.54) is 18.4 Å². The van der Waals surface area contributed by atoms with Crippen LogP contribution in [0.4, 0.5) is 0 Å². The molecule has 0 aromatic heterocycles. The van der Waals surface area contributed by atoms with E-state index in [4.69, 9.17) is 10.5 Å². The molecule has 40 heavy (non-hydrogen) atoms. The SMILES string of the molecule is CCCCCC=CC(=O)CCc1ccc(O)c(OCCc2ccc(O)c(Cc3ccc4c(c3)CC=NC4N)c2)c1. The Kier molecular flexibility index (Phi) is 10.5. The van der Waals surface area contributed by atoms with Gasteiger partial charge in [-0.15, -0.1) is 0 Å². The Morgan fingerprint density at radius 1 is 1.00 bits per heavy atom. The number of nitrogens with zero attached hydrogens (tertiary/aromatic N) is 1. The fourth-order valence-corrected chi connectivity index (χ4v) is 4.92. The largest absolute Gasteiger partial charge is 0.508 e. The second-order valence-corrected chi connectivity index (χ2v) is 10.4. The van der Waals surface area contributed by atoms with Gasteiger partial charge in [0.1, 0.15) is 11.9 Å². The molecule has 0 saturated carbocycles. The smallest absolute Gasteiger partial charge is 0.161 e. The van der Waals surface area contributed by atoms with E-state index in [0.717, 1.165) is 47.1 Å². The summed E-state index contributed by atoms with van der Waals surface area (Å²) >= 11 is 0. The number of hydrogen-bond donors (Lipinski definition) is 3. The van der Waals surface area contributed by atoms with Crippen LogP contribution in [0.1, 0.15) is 78.6 Å². The Bertz CT molecular complexity index is 1360. The van der Waals surface area contributed by atoms with Crippen LogP contribution >= 0.6 is 0 Å². The second-order valence-electron chi connectivity index (χ2n) is 10.4. The van der Waals surface area contributed by atoms with E-state index in [0.29, 0.717) is 38.0 Å².